The molecule has 0 spiro atoms. The third kappa shape index (κ3) is 12.9. The van der Waals surface area contributed by atoms with Crippen molar-refractivity contribution in [3.05, 3.63) is 23.8 Å². The average molecular weight is 409 g/mol. The molecule has 0 atom stereocenters. The molecule has 0 aliphatic heterocycles. The van der Waals surface area contributed by atoms with Gasteiger partial charge >= 0.3 is 51.4 Å². The molecule has 0 saturated heterocycles. The van der Waals surface area contributed by atoms with Crippen molar-refractivity contribution in [2.24, 2.45) is 0 Å². The van der Waals surface area contributed by atoms with Gasteiger partial charge in [0.15, 0.2) is 0 Å². The van der Waals surface area contributed by atoms with Gasteiger partial charge in [-0.25, -0.2) is 0 Å². The summed E-state index contributed by atoms with van der Waals surface area (Å²) >= 11 is 0. The Balaban J connectivity index is 0.00000625. The van der Waals surface area contributed by atoms with Crippen LogP contribution in [0.4, 0.5) is 0 Å². The largest absolute Gasteiger partial charge is 1.00 e. The third-order valence-electron chi connectivity index (χ3n) is 4.56. The normalized spacial score (nSPS) is 11.3. The predicted molar refractivity (Wildman–Crippen MR) is 100 cm³/mol. The van der Waals surface area contributed by atoms with E-state index in [4.69, 9.17) is 4.55 Å². The van der Waals surface area contributed by atoms with Crippen molar-refractivity contribution in [2.75, 3.05) is 0 Å². The Morgan fingerprint density at radius 3 is 1.73 bits per heavy atom. The molecule has 1 aromatic rings. The van der Waals surface area contributed by atoms with Crippen LogP contribution in [0, 0.1) is 0 Å². The first-order valence-electron chi connectivity index (χ1n) is 9.72. The predicted octanol–water partition coefficient (Wildman–Crippen LogP) is 2.25. The van der Waals surface area contributed by atoms with Gasteiger partial charge in [0.25, 0.3) is 10.1 Å². The van der Waals surface area contributed by atoms with E-state index in [1.807, 2.05) is 0 Å². The summed E-state index contributed by atoms with van der Waals surface area (Å²) in [5.74, 6) is -0.371. The molecule has 26 heavy (non-hydrogen) atoms. The molecular formula is C20H33KO4S. The molecule has 1 rings (SSSR count). The van der Waals surface area contributed by atoms with Gasteiger partial charge in [0.2, 0.25) is 0 Å². The van der Waals surface area contributed by atoms with Gasteiger partial charge in [0.1, 0.15) is 0 Å². The van der Waals surface area contributed by atoms with Gasteiger partial charge in [-0.05, 0) is 30.5 Å². The third-order valence-corrected chi connectivity index (χ3v) is 5.39. The first-order valence-corrected chi connectivity index (χ1v) is 11.2. The fourth-order valence-corrected chi connectivity index (χ4v) is 3.66. The standard InChI is InChI=1S/C20H34O4S.K/c1-2-3-4-5-6-7-8-9-10-11-12-13-14-18-15-19(21)17-20(16-18)25(22,23)24;/h15-17,21H,2-14H2,1H3,(H,22,23,24);/q;+1/p-1. The summed E-state index contributed by atoms with van der Waals surface area (Å²) in [4.78, 5) is -0.297. The molecule has 1 aromatic carbocycles. The fourth-order valence-electron chi connectivity index (χ4n) is 3.09. The molecule has 0 saturated carbocycles. The van der Waals surface area contributed by atoms with Crippen LogP contribution in [0.25, 0.3) is 0 Å². The molecule has 0 unspecified atom stereocenters. The summed E-state index contributed by atoms with van der Waals surface area (Å²) in [5.41, 5.74) is 0.687. The van der Waals surface area contributed by atoms with Crippen molar-refractivity contribution in [1.29, 1.82) is 0 Å². The molecule has 0 aliphatic rings. The minimum Gasteiger partial charge on any atom is -0.872 e. The van der Waals surface area contributed by atoms with Gasteiger partial charge in [-0.15, -0.1) is 5.75 Å². The molecular weight excluding hydrogens is 375 g/mol. The van der Waals surface area contributed by atoms with Crippen LogP contribution in [-0.4, -0.2) is 13.0 Å². The van der Waals surface area contributed by atoms with Crippen molar-refractivity contribution in [2.45, 2.75) is 95.3 Å². The summed E-state index contributed by atoms with van der Waals surface area (Å²) in [6, 6.07) is 3.81. The Bertz CT molecular complexity index is 587. The van der Waals surface area contributed by atoms with Crippen molar-refractivity contribution >= 4 is 10.1 Å². The van der Waals surface area contributed by atoms with Gasteiger partial charge in [-0.1, -0.05) is 83.6 Å². The minimum absolute atomic E-state index is 0. The minimum atomic E-state index is -4.30. The molecule has 0 aromatic heterocycles. The van der Waals surface area contributed by atoms with Crippen LogP contribution in [-0.2, 0) is 16.5 Å². The first kappa shape index (κ1) is 26.6. The summed E-state index contributed by atoms with van der Waals surface area (Å²) < 4.78 is 31.3. The second-order valence-electron chi connectivity index (χ2n) is 6.93. The summed E-state index contributed by atoms with van der Waals surface area (Å²) in [7, 11) is -4.30. The molecule has 0 aliphatic carbocycles. The fraction of sp³-hybridized carbons (Fsp3) is 0.700. The van der Waals surface area contributed by atoms with E-state index in [9.17, 15) is 13.5 Å². The number of hydrogen-bond donors (Lipinski definition) is 1. The van der Waals surface area contributed by atoms with Crippen LogP contribution in [0.3, 0.4) is 0 Å². The maximum Gasteiger partial charge on any atom is 1.00 e. The van der Waals surface area contributed by atoms with Crippen LogP contribution in [0.1, 0.15) is 89.5 Å². The molecule has 144 valence electrons. The van der Waals surface area contributed by atoms with Gasteiger partial charge in [0.05, 0.1) is 4.90 Å². The first-order chi connectivity index (χ1) is 11.9. The monoisotopic (exact) mass is 408 g/mol. The van der Waals surface area contributed by atoms with E-state index in [1.165, 1.54) is 76.3 Å². The SMILES string of the molecule is CCCCCCCCCCCCCCc1cc([O-])cc(S(=O)(=O)O)c1.[K+]. The molecule has 0 heterocycles. The van der Waals surface area contributed by atoms with Crippen LogP contribution >= 0.6 is 0 Å². The van der Waals surface area contributed by atoms with E-state index in [1.54, 1.807) is 0 Å². The topological polar surface area (TPSA) is 77.4 Å². The van der Waals surface area contributed by atoms with Gasteiger partial charge in [0, 0.05) is 0 Å². The number of rotatable bonds is 14. The van der Waals surface area contributed by atoms with Crippen LogP contribution in [0.2, 0.25) is 0 Å². The van der Waals surface area contributed by atoms with Gasteiger partial charge in [-0.2, -0.15) is 8.42 Å². The van der Waals surface area contributed by atoms with Crippen molar-refractivity contribution < 1.29 is 69.5 Å². The second-order valence-corrected chi connectivity index (χ2v) is 8.35. The van der Waals surface area contributed by atoms with Gasteiger partial charge in [-0.3, -0.25) is 4.55 Å². The maximum atomic E-state index is 11.5. The number of hydrogen-bond acceptors (Lipinski definition) is 3. The molecule has 0 bridgehead atoms. The molecule has 1 N–H and O–H groups in total. The molecule has 0 amide bonds. The Labute approximate surface area is 202 Å². The zero-order valence-corrected chi connectivity index (χ0v) is 20.4. The quantitative estimate of drug-likeness (QED) is 0.291. The Hall–Kier alpha value is 0.566. The zero-order chi connectivity index (χ0) is 18.5. The van der Waals surface area contributed by atoms with E-state index in [0.717, 1.165) is 18.9 Å². The summed E-state index contributed by atoms with van der Waals surface area (Å²) in [5, 5.41) is 11.5. The number of unbranched alkanes of at least 4 members (excludes halogenated alkanes) is 11. The van der Waals surface area contributed by atoms with Crippen molar-refractivity contribution in [3.63, 3.8) is 0 Å². The average Bonchev–Trinajstić information content (AvgIpc) is 2.54. The van der Waals surface area contributed by atoms with E-state index in [-0.39, 0.29) is 62.0 Å². The maximum absolute atomic E-state index is 11.5. The number of benzene rings is 1. The van der Waals surface area contributed by atoms with E-state index >= 15 is 0 Å². The van der Waals surface area contributed by atoms with Crippen molar-refractivity contribution in [3.8, 4) is 5.75 Å². The zero-order valence-electron chi connectivity index (χ0n) is 16.5. The van der Waals surface area contributed by atoms with E-state index < -0.39 is 10.1 Å². The second kappa shape index (κ2) is 15.5. The van der Waals surface area contributed by atoms with Crippen LogP contribution < -0.4 is 56.5 Å². The van der Waals surface area contributed by atoms with E-state index in [2.05, 4.69) is 6.92 Å². The van der Waals surface area contributed by atoms with Crippen LogP contribution in [0.5, 0.6) is 5.75 Å². The number of aryl methyl sites for hydroxylation is 1. The summed E-state index contributed by atoms with van der Waals surface area (Å²) in [6.45, 7) is 2.24. The van der Waals surface area contributed by atoms with Crippen molar-refractivity contribution in [1.82, 2.24) is 0 Å². The Morgan fingerprint density at radius 2 is 1.27 bits per heavy atom. The Kier molecular flexibility index (Phi) is 15.8. The molecule has 0 radical (unpaired) electrons. The Morgan fingerprint density at radius 1 is 0.808 bits per heavy atom. The smallest absolute Gasteiger partial charge is 0.872 e. The van der Waals surface area contributed by atoms with Crippen LogP contribution in [0.15, 0.2) is 23.1 Å². The molecule has 6 heteroatoms. The van der Waals surface area contributed by atoms with Gasteiger partial charge < -0.3 is 5.11 Å². The van der Waals surface area contributed by atoms with E-state index in [0.29, 0.717) is 12.0 Å². The molecule has 0 fully saturated rings. The molecule has 4 nitrogen and oxygen atoms in total. The summed E-state index contributed by atoms with van der Waals surface area (Å²) in [6.07, 6.45) is 15.8.